The van der Waals surface area contributed by atoms with Gasteiger partial charge in [0.25, 0.3) is 0 Å². The van der Waals surface area contributed by atoms with E-state index in [4.69, 9.17) is 9.26 Å². The molecule has 0 amide bonds. The van der Waals surface area contributed by atoms with E-state index in [-0.39, 0.29) is 17.3 Å². The predicted octanol–water partition coefficient (Wildman–Crippen LogP) is 3.69. The van der Waals surface area contributed by atoms with Crippen LogP contribution in [0, 0.1) is 6.92 Å². The first kappa shape index (κ1) is 19.1. The number of benzene rings is 3. The van der Waals surface area contributed by atoms with Gasteiger partial charge in [-0.15, -0.1) is 0 Å². The summed E-state index contributed by atoms with van der Waals surface area (Å²) in [6.07, 6.45) is 0. The van der Waals surface area contributed by atoms with Crippen LogP contribution in [0.15, 0.2) is 70.1 Å². The number of sulfonamides is 1. The van der Waals surface area contributed by atoms with Gasteiger partial charge in [0.2, 0.25) is 21.7 Å². The van der Waals surface area contributed by atoms with E-state index in [0.717, 1.165) is 21.9 Å². The van der Waals surface area contributed by atoms with Crippen LogP contribution in [0.4, 0.5) is 0 Å². The minimum absolute atomic E-state index is 0.0954. The van der Waals surface area contributed by atoms with Crippen molar-refractivity contribution in [3.05, 3.63) is 72.1 Å². The van der Waals surface area contributed by atoms with E-state index >= 15 is 0 Å². The molecule has 0 unspecified atom stereocenters. The molecule has 0 spiro atoms. The molecular weight excluding hydrogens is 390 g/mol. The molecule has 0 aliphatic rings. The molecule has 0 fully saturated rings. The second-order valence-electron chi connectivity index (χ2n) is 6.58. The smallest absolute Gasteiger partial charge is 0.242 e. The molecule has 1 aromatic heterocycles. The number of methoxy groups -OCH3 is 1. The Balaban J connectivity index is 1.50. The average Bonchev–Trinajstić information content (AvgIpc) is 3.21. The number of rotatable bonds is 6. The number of aromatic nitrogens is 2. The molecule has 7 nitrogen and oxygen atoms in total. The average molecular weight is 409 g/mol. The fourth-order valence-electron chi connectivity index (χ4n) is 2.88. The zero-order chi connectivity index (χ0) is 20.4. The maximum atomic E-state index is 12.7. The van der Waals surface area contributed by atoms with Crippen molar-refractivity contribution in [2.45, 2.75) is 18.4 Å². The second-order valence-corrected chi connectivity index (χ2v) is 8.34. The van der Waals surface area contributed by atoms with Crippen molar-refractivity contribution in [2.75, 3.05) is 7.11 Å². The van der Waals surface area contributed by atoms with Gasteiger partial charge >= 0.3 is 0 Å². The molecular formula is C21H19N3O4S. The number of hydrogen-bond acceptors (Lipinski definition) is 6. The highest BCUT2D eigenvalue weighted by atomic mass is 32.2. The Kier molecular flexibility index (Phi) is 5.04. The maximum Gasteiger partial charge on any atom is 0.242 e. The predicted molar refractivity (Wildman–Crippen MR) is 109 cm³/mol. The van der Waals surface area contributed by atoms with Crippen LogP contribution < -0.4 is 9.46 Å². The first-order valence-corrected chi connectivity index (χ1v) is 10.4. The zero-order valence-electron chi connectivity index (χ0n) is 15.9. The van der Waals surface area contributed by atoms with Gasteiger partial charge in [0.15, 0.2) is 0 Å². The summed E-state index contributed by atoms with van der Waals surface area (Å²) >= 11 is 0. The molecule has 148 valence electrons. The van der Waals surface area contributed by atoms with Crippen molar-refractivity contribution >= 4 is 20.8 Å². The molecule has 1 N–H and O–H groups in total. The van der Waals surface area contributed by atoms with Crippen LogP contribution in [-0.2, 0) is 16.6 Å². The second kappa shape index (κ2) is 7.65. The minimum Gasteiger partial charge on any atom is -0.497 e. The van der Waals surface area contributed by atoms with Gasteiger partial charge in [-0.1, -0.05) is 47.1 Å². The van der Waals surface area contributed by atoms with Crippen molar-refractivity contribution in [3.8, 4) is 17.1 Å². The van der Waals surface area contributed by atoms with Gasteiger partial charge in [0, 0.05) is 5.56 Å². The zero-order valence-corrected chi connectivity index (χ0v) is 16.7. The quantitative estimate of drug-likeness (QED) is 0.522. The monoisotopic (exact) mass is 409 g/mol. The third-order valence-corrected chi connectivity index (χ3v) is 5.92. The number of ether oxygens (including phenoxy) is 1. The molecule has 0 aliphatic carbocycles. The van der Waals surface area contributed by atoms with Crippen molar-refractivity contribution in [2.24, 2.45) is 0 Å². The Hall–Kier alpha value is -3.23. The van der Waals surface area contributed by atoms with E-state index in [1.165, 1.54) is 0 Å². The molecule has 4 aromatic rings. The summed E-state index contributed by atoms with van der Waals surface area (Å²) in [6, 6.07) is 18.0. The minimum atomic E-state index is -3.74. The fraction of sp³-hybridized carbons (Fsp3) is 0.143. The highest BCUT2D eigenvalue weighted by Gasteiger charge is 2.17. The standard InChI is InChI=1S/C21H19N3O4S/c1-14-3-5-15(6-4-14)21-23-20(28-24-21)13-22-29(25,26)19-10-8-16-11-18(27-2)9-7-17(16)12-19/h3-12,22H,13H2,1-2H3. The van der Waals surface area contributed by atoms with Crippen LogP contribution in [0.25, 0.3) is 22.2 Å². The number of nitrogens with zero attached hydrogens (tertiary/aromatic N) is 2. The number of aryl methyl sites for hydroxylation is 1. The van der Waals surface area contributed by atoms with Crippen LogP contribution in [-0.4, -0.2) is 25.7 Å². The third-order valence-electron chi connectivity index (χ3n) is 4.52. The molecule has 29 heavy (non-hydrogen) atoms. The lowest BCUT2D eigenvalue weighted by Crippen LogP contribution is -2.23. The maximum absolute atomic E-state index is 12.7. The molecule has 0 bridgehead atoms. The summed E-state index contributed by atoms with van der Waals surface area (Å²) in [4.78, 5) is 4.42. The van der Waals surface area contributed by atoms with Crippen LogP contribution in [0.5, 0.6) is 5.75 Å². The molecule has 4 rings (SSSR count). The molecule has 3 aromatic carbocycles. The van der Waals surface area contributed by atoms with Gasteiger partial charge < -0.3 is 9.26 Å². The van der Waals surface area contributed by atoms with Gasteiger partial charge in [-0.2, -0.15) is 4.98 Å². The molecule has 0 aliphatic heterocycles. The van der Waals surface area contributed by atoms with Gasteiger partial charge in [-0.25, -0.2) is 13.1 Å². The Morgan fingerprint density at radius 1 is 1.00 bits per heavy atom. The summed E-state index contributed by atoms with van der Waals surface area (Å²) in [7, 11) is -2.15. The van der Waals surface area contributed by atoms with E-state index in [1.807, 2.05) is 43.3 Å². The lowest BCUT2D eigenvalue weighted by Gasteiger charge is -2.07. The molecule has 0 radical (unpaired) electrons. The molecule has 8 heteroatoms. The van der Waals surface area contributed by atoms with Crippen molar-refractivity contribution < 1.29 is 17.7 Å². The highest BCUT2D eigenvalue weighted by molar-refractivity contribution is 7.89. The van der Waals surface area contributed by atoms with Crippen LogP contribution in [0.3, 0.4) is 0 Å². The van der Waals surface area contributed by atoms with E-state index in [1.54, 1.807) is 31.4 Å². The first-order valence-electron chi connectivity index (χ1n) is 8.92. The van der Waals surface area contributed by atoms with Gasteiger partial charge in [-0.3, -0.25) is 0 Å². The van der Waals surface area contributed by atoms with E-state index in [2.05, 4.69) is 14.9 Å². The highest BCUT2D eigenvalue weighted by Crippen LogP contribution is 2.24. The number of hydrogen-bond donors (Lipinski definition) is 1. The Labute approximate surface area is 168 Å². The van der Waals surface area contributed by atoms with Gasteiger partial charge in [0.1, 0.15) is 5.75 Å². The largest absolute Gasteiger partial charge is 0.497 e. The van der Waals surface area contributed by atoms with Gasteiger partial charge in [0.05, 0.1) is 18.6 Å². The summed E-state index contributed by atoms with van der Waals surface area (Å²) in [5.74, 6) is 1.32. The van der Waals surface area contributed by atoms with Crippen molar-refractivity contribution in [1.82, 2.24) is 14.9 Å². The fourth-order valence-corrected chi connectivity index (χ4v) is 3.89. The topological polar surface area (TPSA) is 94.3 Å². The van der Waals surface area contributed by atoms with Crippen molar-refractivity contribution in [1.29, 1.82) is 0 Å². The van der Waals surface area contributed by atoms with Crippen LogP contribution in [0.2, 0.25) is 0 Å². The number of fused-ring (bicyclic) bond motifs is 1. The molecule has 0 saturated heterocycles. The summed E-state index contributed by atoms with van der Waals surface area (Å²) < 4.78 is 38.2. The molecule has 1 heterocycles. The SMILES string of the molecule is COc1ccc2cc(S(=O)(=O)NCc3nc(-c4ccc(C)cc4)no3)ccc2c1. The third kappa shape index (κ3) is 4.13. The van der Waals surface area contributed by atoms with E-state index < -0.39 is 10.0 Å². The number of nitrogens with one attached hydrogen (secondary N) is 1. The lowest BCUT2D eigenvalue weighted by atomic mass is 10.1. The molecule has 0 saturated carbocycles. The Morgan fingerprint density at radius 3 is 2.48 bits per heavy atom. The van der Waals surface area contributed by atoms with Crippen molar-refractivity contribution in [3.63, 3.8) is 0 Å². The lowest BCUT2D eigenvalue weighted by molar-refractivity contribution is 0.376. The van der Waals surface area contributed by atoms with Gasteiger partial charge in [-0.05, 0) is 42.0 Å². The summed E-state index contributed by atoms with van der Waals surface area (Å²) in [5.41, 5.74) is 1.93. The first-order chi connectivity index (χ1) is 13.9. The summed E-state index contributed by atoms with van der Waals surface area (Å²) in [5, 5.41) is 5.60. The summed E-state index contributed by atoms with van der Waals surface area (Å²) in [6.45, 7) is 1.89. The van der Waals surface area contributed by atoms with E-state index in [0.29, 0.717) is 11.6 Å². The Morgan fingerprint density at radius 2 is 1.72 bits per heavy atom. The Bertz CT molecular complexity index is 1260. The van der Waals surface area contributed by atoms with Crippen LogP contribution in [0.1, 0.15) is 11.5 Å². The normalized spacial score (nSPS) is 11.7. The van der Waals surface area contributed by atoms with Crippen LogP contribution >= 0.6 is 0 Å². The molecule has 0 atom stereocenters. The van der Waals surface area contributed by atoms with E-state index in [9.17, 15) is 8.42 Å².